The van der Waals surface area contributed by atoms with Crippen LogP contribution in [-0.2, 0) is 33.4 Å². The summed E-state index contributed by atoms with van der Waals surface area (Å²) in [7, 11) is 3.73. The molecule has 0 aliphatic heterocycles. The lowest BCUT2D eigenvalue weighted by atomic mass is 9.47. The minimum absolute atomic E-state index is 0.0365. The van der Waals surface area contributed by atoms with Crippen LogP contribution < -0.4 is 0 Å². The molecule has 0 heterocycles. The van der Waals surface area contributed by atoms with Crippen molar-refractivity contribution in [1.82, 2.24) is 4.90 Å². The zero-order chi connectivity index (χ0) is 34.4. The zero-order valence-electron chi connectivity index (χ0n) is 27.7. The number of Topliss-reactive ketones (excluding diaryl/α,β-unsaturated/α-hetero) is 1. The first-order valence-electron chi connectivity index (χ1n) is 15.6. The number of benzene rings is 1. The SMILES string of the molecule is C=C1[C@@H](OC(=O)CC(c2ccccc2)N(C)C)CC[C@@]2(C)[C@@H](O)[C@H](OC(C)=O)C3=C(C)C(=O)C[C@](O)([C@@H](O)[C@H]12)C3(C)COC(C)=O. The Hall–Kier alpha value is -3.38. The second kappa shape index (κ2) is 13.0. The number of ketones is 1. The molecule has 0 spiro atoms. The Labute approximate surface area is 270 Å². The second-order valence-electron chi connectivity index (χ2n) is 13.8. The molecule has 3 aliphatic carbocycles. The molecule has 4 rings (SSSR count). The molecule has 3 aliphatic rings. The minimum atomic E-state index is -2.25. The predicted octanol–water partition coefficient (Wildman–Crippen LogP) is 2.82. The summed E-state index contributed by atoms with van der Waals surface area (Å²) >= 11 is 0. The lowest BCUT2D eigenvalue weighted by molar-refractivity contribution is -0.231. The van der Waals surface area contributed by atoms with Gasteiger partial charge in [-0.1, -0.05) is 43.8 Å². The monoisotopic (exact) mass is 641 g/mol. The summed E-state index contributed by atoms with van der Waals surface area (Å²) in [5.41, 5.74) is -3.75. The van der Waals surface area contributed by atoms with Crippen molar-refractivity contribution >= 4 is 23.7 Å². The van der Waals surface area contributed by atoms with Crippen LogP contribution in [0, 0.1) is 16.7 Å². The second-order valence-corrected chi connectivity index (χ2v) is 13.8. The van der Waals surface area contributed by atoms with Crippen LogP contribution in [0.25, 0.3) is 0 Å². The maximum Gasteiger partial charge on any atom is 0.308 e. The average Bonchev–Trinajstić information content (AvgIpc) is 2.98. The molecule has 0 aromatic heterocycles. The molecule has 11 nitrogen and oxygen atoms in total. The third-order valence-corrected chi connectivity index (χ3v) is 10.6. The molecule has 2 saturated carbocycles. The molecule has 3 N–H and O–H groups in total. The van der Waals surface area contributed by atoms with Gasteiger partial charge in [-0.3, -0.25) is 19.2 Å². The van der Waals surface area contributed by atoms with Crippen molar-refractivity contribution in [2.45, 2.75) is 96.4 Å². The van der Waals surface area contributed by atoms with Gasteiger partial charge in [0.15, 0.2) is 11.9 Å². The van der Waals surface area contributed by atoms with Gasteiger partial charge in [0.2, 0.25) is 0 Å². The van der Waals surface area contributed by atoms with Gasteiger partial charge in [-0.05, 0) is 63.1 Å². The molecular weight excluding hydrogens is 594 g/mol. The van der Waals surface area contributed by atoms with E-state index in [0.29, 0.717) is 0 Å². The molecule has 2 fully saturated rings. The van der Waals surface area contributed by atoms with Crippen molar-refractivity contribution in [3.63, 3.8) is 0 Å². The fourth-order valence-electron chi connectivity index (χ4n) is 7.93. The first kappa shape index (κ1) is 35.5. The zero-order valence-corrected chi connectivity index (χ0v) is 27.7. The van der Waals surface area contributed by atoms with E-state index in [1.807, 2.05) is 49.3 Å². The van der Waals surface area contributed by atoms with Crippen molar-refractivity contribution in [3.8, 4) is 0 Å². The van der Waals surface area contributed by atoms with Crippen LogP contribution in [0.1, 0.15) is 71.9 Å². The van der Waals surface area contributed by atoms with E-state index in [0.717, 1.165) is 5.56 Å². The van der Waals surface area contributed by atoms with Crippen LogP contribution in [0.5, 0.6) is 0 Å². The number of fused-ring (bicyclic) bond motifs is 3. The summed E-state index contributed by atoms with van der Waals surface area (Å²) < 4.78 is 17.1. The highest BCUT2D eigenvalue weighted by molar-refractivity contribution is 5.98. The molecule has 0 amide bonds. The number of aliphatic hydroxyl groups excluding tert-OH is 2. The maximum absolute atomic E-state index is 13.4. The Bertz CT molecular complexity index is 1420. The number of nitrogens with zero attached hydrogens (tertiary/aromatic N) is 1. The fourth-order valence-corrected chi connectivity index (χ4v) is 7.93. The van der Waals surface area contributed by atoms with Gasteiger partial charge < -0.3 is 34.4 Å². The number of carbonyl (C=O) groups excluding carboxylic acids is 4. The Morgan fingerprint density at radius 1 is 1.04 bits per heavy atom. The van der Waals surface area contributed by atoms with Gasteiger partial charge in [-0.25, -0.2) is 0 Å². The van der Waals surface area contributed by atoms with Crippen molar-refractivity contribution < 1.29 is 48.7 Å². The van der Waals surface area contributed by atoms with E-state index >= 15 is 0 Å². The highest BCUT2D eigenvalue weighted by Crippen LogP contribution is 2.60. The Balaban J connectivity index is 1.77. The summed E-state index contributed by atoms with van der Waals surface area (Å²) in [5.74, 6) is -3.55. The summed E-state index contributed by atoms with van der Waals surface area (Å²) in [5, 5.41) is 36.9. The number of hydrogen-bond acceptors (Lipinski definition) is 11. The van der Waals surface area contributed by atoms with Crippen molar-refractivity contribution in [1.29, 1.82) is 0 Å². The third kappa shape index (κ3) is 6.05. The van der Waals surface area contributed by atoms with Gasteiger partial charge in [0.25, 0.3) is 0 Å². The normalized spacial score (nSPS) is 35.1. The highest BCUT2D eigenvalue weighted by Gasteiger charge is 2.69. The van der Waals surface area contributed by atoms with Crippen molar-refractivity contribution in [3.05, 3.63) is 59.2 Å². The topological polar surface area (TPSA) is 160 Å². The van der Waals surface area contributed by atoms with Crippen molar-refractivity contribution in [2.24, 2.45) is 16.7 Å². The van der Waals surface area contributed by atoms with Crippen LogP contribution in [0.3, 0.4) is 0 Å². The summed E-state index contributed by atoms with van der Waals surface area (Å²) in [6.07, 6.45) is -5.58. The predicted molar refractivity (Wildman–Crippen MR) is 167 cm³/mol. The van der Waals surface area contributed by atoms with E-state index in [1.54, 1.807) is 6.92 Å². The highest BCUT2D eigenvalue weighted by atomic mass is 16.6. The van der Waals surface area contributed by atoms with E-state index in [9.17, 15) is 34.5 Å². The Morgan fingerprint density at radius 2 is 1.67 bits per heavy atom. The van der Waals surface area contributed by atoms with E-state index in [-0.39, 0.29) is 42.0 Å². The molecule has 1 aromatic carbocycles. The molecule has 2 bridgehead atoms. The molecule has 11 heteroatoms. The maximum atomic E-state index is 13.4. The number of carbonyl (C=O) groups is 4. The van der Waals surface area contributed by atoms with Crippen LogP contribution in [0.4, 0.5) is 0 Å². The molecule has 0 saturated heterocycles. The molecule has 0 radical (unpaired) electrons. The lowest BCUT2D eigenvalue weighted by Gasteiger charge is -2.61. The summed E-state index contributed by atoms with van der Waals surface area (Å²) in [4.78, 5) is 53.2. The number of ether oxygens (including phenoxy) is 3. The standard InChI is InChI=1S/C35H47NO10/c1-19-25(39)17-35(43)31(41)29-20(2)26(46-27(40)16-24(36(7)8)23-12-10-9-11-13-23)14-15-33(29,5)32(42)30(45-22(4)38)28(19)34(35,6)18-44-21(3)37/h9-13,24,26,29-32,41-43H,2,14-18H2,1,3-8H3/t24?,26-,29-,30+,31-,32-,33+,34?,35-/m0/s1. The van der Waals surface area contributed by atoms with Crippen molar-refractivity contribution in [2.75, 3.05) is 20.7 Å². The molecule has 2 unspecified atom stereocenters. The van der Waals surface area contributed by atoms with Crippen LogP contribution in [-0.4, -0.2) is 94.6 Å². The van der Waals surface area contributed by atoms with Gasteiger partial charge >= 0.3 is 17.9 Å². The lowest BCUT2D eigenvalue weighted by Crippen LogP contribution is -2.71. The average molecular weight is 642 g/mol. The molecule has 9 atom stereocenters. The van der Waals surface area contributed by atoms with E-state index in [4.69, 9.17) is 14.2 Å². The van der Waals surface area contributed by atoms with E-state index in [1.165, 1.54) is 27.7 Å². The first-order chi connectivity index (χ1) is 21.4. The Kier molecular flexibility index (Phi) is 10.0. The summed E-state index contributed by atoms with van der Waals surface area (Å²) in [6.45, 7) is 10.8. The smallest absolute Gasteiger partial charge is 0.308 e. The van der Waals surface area contributed by atoms with Gasteiger partial charge in [-0.15, -0.1) is 0 Å². The van der Waals surface area contributed by atoms with Crippen LogP contribution in [0.15, 0.2) is 53.6 Å². The largest absolute Gasteiger partial charge is 0.465 e. The number of aliphatic hydroxyl groups is 3. The minimum Gasteiger partial charge on any atom is -0.465 e. The van der Waals surface area contributed by atoms with Gasteiger partial charge in [0, 0.05) is 37.6 Å². The fraction of sp³-hybridized carbons (Fsp3) is 0.600. The molecule has 252 valence electrons. The van der Waals surface area contributed by atoms with E-state index in [2.05, 4.69) is 6.58 Å². The number of esters is 3. The molecule has 1 aromatic rings. The van der Waals surface area contributed by atoms with E-state index < -0.39 is 83.5 Å². The number of allylic oxidation sites excluding steroid dienone is 1. The third-order valence-electron chi connectivity index (χ3n) is 10.6. The van der Waals surface area contributed by atoms with Crippen LogP contribution >= 0.6 is 0 Å². The molecular formula is C35H47NO10. The Morgan fingerprint density at radius 3 is 2.24 bits per heavy atom. The number of hydrogen-bond donors (Lipinski definition) is 3. The van der Waals surface area contributed by atoms with Crippen LogP contribution in [0.2, 0.25) is 0 Å². The number of rotatable bonds is 8. The van der Waals surface area contributed by atoms with Gasteiger partial charge in [0.05, 0.1) is 17.9 Å². The first-order valence-corrected chi connectivity index (χ1v) is 15.6. The summed E-state index contributed by atoms with van der Waals surface area (Å²) in [6, 6.07) is 9.27. The quantitative estimate of drug-likeness (QED) is 0.218. The van der Waals surface area contributed by atoms with Gasteiger partial charge in [0.1, 0.15) is 24.4 Å². The van der Waals surface area contributed by atoms with Gasteiger partial charge in [-0.2, -0.15) is 0 Å². The molecule has 46 heavy (non-hydrogen) atoms.